The number of rotatable bonds is 2. The Hall–Kier alpha value is -2.57. The highest BCUT2D eigenvalue weighted by molar-refractivity contribution is 6.04. The number of carbonyl (C=O) groups is 2. The molecule has 2 saturated heterocycles. The lowest BCUT2D eigenvalue weighted by Crippen LogP contribution is -2.54. The van der Waals surface area contributed by atoms with Crippen LogP contribution in [0, 0.1) is 0 Å². The second kappa shape index (κ2) is 6.14. The normalized spacial score (nSPS) is 19.6. The quantitative estimate of drug-likeness (QED) is 0.879. The highest BCUT2D eigenvalue weighted by atomic mass is 16.2. The molecule has 24 heavy (non-hydrogen) atoms. The van der Waals surface area contributed by atoms with Crippen molar-refractivity contribution < 1.29 is 9.59 Å². The number of para-hydroxylation sites is 1. The molecule has 0 atom stereocenters. The molecule has 0 bridgehead atoms. The zero-order valence-electron chi connectivity index (χ0n) is 13.5. The highest BCUT2D eigenvalue weighted by Crippen LogP contribution is 2.22. The van der Waals surface area contributed by atoms with Gasteiger partial charge in [0.1, 0.15) is 0 Å². The molecule has 4 rings (SSSR count). The van der Waals surface area contributed by atoms with Crippen LogP contribution in [0.4, 0.5) is 4.79 Å². The van der Waals surface area contributed by atoms with E-state index in [0.29, 0.717) is 18.8 Å². The Morgan fingerprint density at radius 3 is 2.75 bits per heavy atom. The molecular weight excluding hydrogens is 306 g/mol. The number of nitrogens with zero attached hydrogens (tertiary/aromatic N) is 3. The Kier molecular flexibility index (Phi) is 3.84. The molecule has 7 heteroatoms. The third-order valence-electron chi connectivity index (χ3n) is 4.98. The zero-order valence-corrected chi connectivity index (χ0v) is 13.5. The Bertz CT molecular complexity index is 763. The molecular formula is C17H21N5O2. The van der Waals surface area contributed by atoms with Crippen LogP contribution in [0.3, 0.4) is 0 Å². The summed E-state index contributed by atoms with van der Waals surface area (Å²) in [6, 6.07) is 7.92. The summed E-state index contributed by atoms with van der Waals surface area (Å²) in [4.78, 5) is 28.5. The van der Waals surface area contributed by atoms with E-state index in [2.05, 4.69) is 15.5 Å². The standard InChI is InChI=1S/C17H21N5O2/c23-16(15-13-4-1-2-5-14(13)19-20-15)21-10-6-12(7-11-21)22-9-3-8-18-17(22)24/h1-2,4-5,12H,3,6-11H2,(H,18,24)(H,19,20). The van der Waals surface area contributed by atoms with Crippen molar-refractivity contribution in [2.75, 3.05) is 26.2 Å². The van der Waals surface area contributed by atoms with Crippen LogP contribution in [-0.4, -0.2) is 64.2 Å². The van der Waals surface area contributed by atoms with Crippen LogP contribution in [0.5, 0.6) is 0 Å². The number of H-pyrrole nitrogens is 1. The van der Waals surface area contributed by atoms with Crippen LogP contribution in [0.2, 0.25) is 0 Å². The third kappa shape index (κ3) is 2.60. The number of fused-ring (bicyclic) bond motifs is 1. The molecule has 2 aliphatic heterocycles. The number of nitrogens with one attached hydrogen (secondary N) is 2. The van der Waals surface area contributed by atoms with Gasteiger partial charge in [0.15, 0.2) is 5.69 Å². The van der Waals surface area contributed by atoms with Gasteiger partial charge in [0, 0.05) is 37.6 Å². The maximum Gasteiger partial charge on any atom is 0.317 e. The van der Waals surface area contributed by atoms with E-state index in [0.717, 1.165) is 43.3 Å². The summed E-state index contributed by atoms with van der Waals surface area (Å²) in [5, 5.41) is 10.9. The number of hydrogen-bond donors (Lipinski definition) is 2. The van der Waals surface area contributed by atoms with Crippen molar-refractivity contribution in [2.45, 2.75) is 25.3 Å². The first kappa shape index (κ1) is 15.0. The van der Waals surface area contributed by atoms with Crippen molar-refractivity contribution in [2.24, 2.45) is 0 Å². The van der Waals surface area contributed by atoms with Crippen LogP contribution in [-0.2, 0) is 0 Å². The van der Waals surface area contributed by atoms with Crippen molar-refractivity contribution in [3.63, 3.8) is 0 Å². The Morgan fingerprint density at radius 2 is 1.96 bits per heavy atom. The second-order valence-corrected chi connectivity index (χ2v) is 6.42. The minimum atomic E-state index is -0.0333. The fourth-order valence-corrected chi connectivity index (χ4v) is 3.65. The summed E-state index contributed by atoms with van der Waals surface area (Å²) in [7, 11) is 0. The van der Waals surface area contributed by atoms with E-state index in [-0.39, 0.29) is 18.0 Å². The Labute approximate surface area is 140 Å². The van der Waals surface area contributed by atoms with Crippen LogP contribution in [0.1, 0.15) is 29.8 Å². The first-order chi connectivity index (χ1) is 11.7. The molecule has 0 aliphatic carbocycles. The van der Waals surface area contributed by atoms with Gasteiger partial charge in [-0.15, -0.1) is 0 Å². The summed E-state index contributed by atoms with van der Waals surface area (Å²) >= 11 is 0. The van der Waals surface area contributed by atoms with Crippen LogP contribution < -0.4 is 5.32 Å². The minimum Gasteiger partial charge on any atom is -0.338 e. The van der Waals surface area contributed by atoms with Crippen molar-refractivity contribution in [1.82, 2.24) is 25.3 Å². The maximum atomic E-state index is 12.8. The number of benzene rings is 1. The molecule has 7 nitrogen and oxygen atoms in total. The van der Waals surface area contributed by atoms with E-state index in [1.807, 2.05) is 34.1 Å². The molecule has 2 N–H and O–H groups in total. The van der Waals surface area contributed by atoms with Gasteiger partial charge >= 0.3 is 6.03 Å². The zero-order chi connectivity index (χ0) is 16.5. The maximum absolute atomic E-state index is 12.8. The van der Waals surface area contributed by atoms with Gasteiger partial charge in [0.25, 0.3) is 5.91 Å². The molecule has 0 saturated carbocycles. The minimum absolute atomic E-state index is 0.0318. The van der Waals surface area contributed by atoms with Crippen molar-refractivity contribution in [3.05, 3.63) is 30.0 Å². The summed E-state index contributed by atoms with van der Waals surface area (Å²) < 4.78 is 0. The molecule has 2 aromatic rings. The Morgan fingerprint density at radius 1 is 1.17 bits per heavy atom. The number of likely N-dealkylation sites (tertiary alicyclic amines) is 1. The number of hydrogen-bond acceptors (Lipinski definition) is 3. The van der Waals surface area contributed by atoms with Gasteiger partial charge in [-0.25, -0.2) is 4.79 Å². The molecule has 0 radical (unpaired) electrons. The van der Waals surface area contributed by atoms with Gasteiger partial charge in [-0.2, -0.15) is 5.10 Å². The van der Waals surface area contributed by atoms with Crippen LogP contribution in [0.25, 0.3) is 10.9 Å². The molecule has 2 aliphatic rings. The highest BCUT2D eigenvalue weighted by Gasteiger charge is 2.31. The van der Waals surface area contributed by atoms with E-state index in [9.17, 15) is 9.59 Å². The molecule has 1 aromatic carbocycles. The first-order valence-corrected chi connectivity index (χ1v) is 8.51. The van der Waals surface area contributed by atoms with Crippen molar-refractivity contribution in [3.8, 4) is 0 Å². The lowest BCUT2D eigenvalue weighted by atomic mass is 10.0. The predicted octanol–water partition coefficient (Wildman–Crippen LogP) is 1.58. The van der Waals surface area contributed by atoms with E-state index in [1.165, 1.54) is 0 Å². The van der Waals surface area contributed by atoms with Gasteiger partial charge in [-0.3, -0.25) is 9.89 Å². The second-order valence-electron chi connectivity index (χ2n) is 6.42. The van der Waals surface area contributed by atoms with E-state index in [1.54, 1.807) is 0 Å². The average molecular weight is 327 g/mol. The monoisotopic (exact) mass is 327 g/mol. The summed E-state index contributed by atoms with van der Waals surface area (Å²) in [6.07, 6.45) is 2.63. The number of aromatic nitrogens is 2. The molecule has 3 heterocycles. The Balaban J connectivity index is 1.44. The number of aromatic amines is 1. The molecule has 0 unspecified atom stereocenters. The number of urea groups is 1. The third-order valence-corrected chi connectivity index (χ3v) is 4.98. The van der Waals surface area contributed by atoms with Gasteiger partial charge < -0.3 is 15.1 Å². The van der Waals surface area contributed by atoms with Crippen LogP contribution in [0.15, 0.2) is 24.3 Å². The molecule has 2 fully saturated rings. The van der Waals surface area contributed by atoms with E-state index in [4.69, 9.17) is 0 Å². The SMILES string of the molecule is O=C(c1n[nH]c2ccccc12)N1CCC(N2CCCNC2=O)CC1. The van der Waals surface area contributed by atoms with Crippen molar-refractivity contribution >= 4 is 22.8 Å². The van der Waals surface area contributed by atoms with E-state index >= 15 is 0 Å². The molecule has 1 aromatic heterocycles. The van der Waals surface area contributed by atoms with Gasteiger partial charge in [-0.1, -0.05) is 18.2 Å². The summed E-state index contributed by atoms with van der Waals surface area (Å²) in [5.74, 6) is -0.0333. The fraction of sp³-hybridized carbons (Fsp3) is 0.471. The summed E-state index contributed by atoms with van der Waals surface area (Å²) in [5.41, 5.74) is 1.36. The number of amides is 3. The van der Waals surface area contributed by atoms with Crippen molar-refractivity contribution in [1.29, 1.82) is 0 Å². The van der Waals surface area contributed by atoms with Gasteiger partial charge in [0.05, 0.1) is 5.52 Å². The fourth-order valence-electron chi connectivity index (χ4n) is 3.65. The van der Waals surface area contributed by atoms with E-state index < -0.39 is 0 Å². The number of carbonyl (C=O) groups excluding carboxylic acids is 2. The molecule has 3 amide bonds. The van der Waals surface area contributed by atoms with Crippen LogP contribution >= 0.6 is 0 Å². The molecule has 126 valence electrons. The summed E-state index contributed by atoms with van der Waals surface area (Å²) in [6.45, 7) is 2.90. The van der Waals surface area contributed by atoms with Gasteiger partial charge in [-0.05, 0) is 25.3 Å². The first-order valence-electron chi connectivity index (χ1n) is 8.51. The topological polar surface area (TPSA) is 81.3 Å². The lowest BCUT2D eigenvalue weighted by Gasteiger charge is -2.40. The predicted molar refractivity (Wildman–Crippen MR) is 89.7 cm³/mol. The smallest absolute Gasteiger partial charge is 0.317 e. The molecule has 0 spiro atoms. The average Bonchev–Trinajstić information content (AvgIpc) is 3.06. The largest absolute Gasteiger partial charge is 0.338 e. The number of piperidine rings is 1. The lowest BCUT2D eigenvalue weighted by molar-refractivity contribution is 0.0639. The van der Waals surface area contributed by atoms with Gasteiger partial charge in [0.2, 0.25) is 0 Å².